The molecule has 1 aliphatic heterocycles. The summed E-state index contributed by atoms with van der Waals surface area (Å²) in [7, 11) is 3.10. The van der Waals surface area contributed by atoms with Gasteiger partial charge >= 0.3 is 0 Å². The maximum atomic E-state index is 14.1. The van der Waals surface area contributed by atoms with Crippen LogP contribution in [0, 0.1) is 11.7 Å². The minimum Gasteiger partial charge on any atom is -0.481 e. The summed E-state index contributed by atoms with van der Waals surface area (Å²) in [6, 6.07) is 7.13. The lowest BCUT2D eigenvalue weighted by Gasteiger charge is -2.42. The van der Waals surface area contributed by atoms with Gasteiger partial charge in [0.1, 0.15) is 5.82 Å². The van der Waals surface area contributed by atoms with Crippen molar-refractivity contribution in [1.29, 1.82) is 0 Å². The van der Waals surface area contributed by atoms with E-state index >= 15 is 0 Å². The first-order valence-corrected chi connectivity index (χ1v) is 11.5. The Kier molecular flexibility index (Phi) is 8.26. The van der Waals surface area contributed by atoms with Gasteiger partial charge in [0.25, 0.3) is 5.91 Å². The van der Waals surface area contributed by atoms with Crippen molar-refractivity contribution in [1.82, 2.24) is 14.8 Å². The Morgan fingerprint density at radius 2 is 1.97 bits per heavy atom. The summed E-state index contributed by atoms with van der Waals surface area (Å²) in [6.07, 6.45) is 1.50. The van der Waals surface area contributed by atoms with E-state index in [1.165, 1.54) is 30.3 Å². The Bertz CT molecular complexity index is 1090. The average Bonchev–Trinajstić information content (AvgIpc) is 2.83. The van der Waals surface area contributed by atoms with Crippen LogP contribution in [-0.4, -0.2) is 78.9 Å². The van der Waals surface area contributed by atoms with E-state index in [1.807, 2.05) is 11.8 Å². The molecule has 0 unspecified atom stereocenters. The normalized spacial score (nSPS) is 15.7. The predicted molar refractivity (Wildman–Crippen MR) is 131 cm³/mol. The highest BCUT2D eigenvalue weighted by Gasteiger charge is 2.30. The fraction of sp³-hybridized carbons (Fsp3) is 0.440. The van der Waals surface area contributed by atoms with Crippen LogP contribution in [0.2, 0.25) is 0 Å². The zero-order valence-electron chi connectivity index (χ0n) is 20.7. The molecule has 188 valence electrons. The molecule has 1 saturated heterocycles. The van der Waals surface area contributed by atoms with Gasteiger partial charge in [-0.25, -0.2) is 9.37 Å². The van der Waals surface area contributed by atoms with E-state index in [2.05, 4.69) is 10.3 Å². The van der Waals surface area contributed by atoms with Crippen LogP contribution < -0.4 is 15.0 Å². The van der Waals surface area contributed by atoms with Gasteiger partial charge in [-0.15, -0.1) is 0 Å². The standard InChI is InChI=1S/C25H32FN5O4/c1-16(2)25(34)29(4)15-23(32)31-11-10-30(14-17(31)3)21-7-6-18(26)12-20(21)24(33)28-19-8-9-27-22(13-19)35-5/h6-9,12-13,16-17H,10-11,14-15H2,1-5H3,(H,27,28,33)/t17-/m0/s1. The number of aromatic nitrogens is 1. The Balaban J connectivity index is 1.73. The number of anilines is 2. The van der Waals surface area contributed by atoms with Crippen molar-refractivity contribution < 1.29 is 23.5 Å². The summed E-state index contributed by atoms with van der Waals surface area (Å²) in [6.45, 7) is 6.87. The zero-order valence-corrected chi connectivity index (χ0v) is 20.7. The Morgan fingerprint density at radius 1 is 1.23 bits per heavy atom. The molecule has 1 atom stereocenters. The van der Waals surface area contributed by atoms with Gasteiger partial charge in [0, 0.05) is 62.3 Å². The SMILES string of the molecule is COc1cc(NC(=O)c2cc(F)ccc2N2CCN(C(=O)CN(C)C(=O)C(C)C)[C@@H](C)C2)ccn1. The lowest BCUT2D eigenvalue weighted by Crippen LogP contribution is -2.56. The molecule has 2 aromatic rings. The molecule has 0 spiro atoms. The van der Waals surface area contributed by atoms with Gasteiger partial charge in [-0.05, 0) is 31.2 Å². The van der Waals surface area contributed by atoms with Gasteiger partial charge < -0.3 is 24.8 Å². The first kappa shape index (κ1) is 25.9. The van der Waals surface area contributed by atoms with E-state index in [1.54, 1.807) is 44.0 Å². The largest absolute Gasteiger partial charge is 0.481 e. The maximum Gasteiger partial charge on any atom is 0.257 e. The molecule has 2 heterocycles. The number of amides is 3. The summed E-state index contributed by atoms with van der Waals surface area (Å²) in [4.78, 5) is 47.2. The molecule has 0 saturated carbocycles. The second-order valence-electron chi connectivity index (χ2n) is 8.93. The van der Waals surface area contributed by atoms with Gasteiger partial charge in [0.05, 0.1) is 19.2 Å². The topological polar surface area (TPSA) is 95.1 Å². The Labute approximate surface area is 204 Å². The van der Waals surface area contributed by atoms with E-state index in [0.717, 1.165) is 0 Å². The molecule has 1 fully saturated rings. The maximum absolute atomic E-state index is 14.1. The smallest absolute Gasteiger partial charge is 0.257 e. The molecule has 3 amide bonds. The van der Waals surface area contributed by atoms with Crippen LogP contribution in [0.1, 0.15) is 31.1 Å². The number of likely N-dealkylation sites (N-methyl/N-ethyl adjacent to an activating group) is 1. The first-order chi connectivity index (χ1) is 16.6. The number of halogens is 1. The molecular formula is C25H32FN5O4. The second-order valence-corrected chi connectivity index (χ2v) is 8.93. The van der Waals surface area contributed by atoms with Gasteiger partial charge in [0.15, 0.2) is 0 Å². The lowest BCUT2D eigenvalue weighted by atomic mass is 10.1. The van der Waals surface area contributed by atoms with Gasteiger partial charge in [-0.2, -0.15) is 0 Å². The molecule has 0 bridgehead atoms. The van der Waals surface area contributed by atoms with Crippen molar-refractivity contribution in [3.63, 3.8) is 0 Å². The highest BCUT2D eigenvalue weighted by molar-refractivity contribution is 6.08. The lowest BCUT2D eigenvalue weighted by molar-refractivity contribution is -0.142. The van der Waals surface area contributed by atoms with Gasteiger partial charge in [-0.3, -0.25) is 14.4 Å². The molecule has 1 aromatic heterocycles. The summed E-state index contributed by atoms with van der Waals surface area (Å²) in [5.74, 6) is -1.04. The summed E-state index contributed by atoms with van der Waals surface area (Å²) < 4.78 is 19.2. The third-order valence-electron chi connectivity index (χ3n) is 5.94. The van der Waals surface area contributed by atoms with E-state index < -0.39 is 11.7 Å². The van der Waals surface area contributed by atoms with Crippen molar-refractivity contribution in [3.05, 3.63) is 47.9 Å². The monoisotopic (exact) mass is 485 g/mol. The van der Waals surface area contributed by atoms with E-state index in [0.29, 0.717) is 36.9 Å². The average molecular weight is 486 g/mol. The van der Waals surface area contributed by atoms with Gasteiger partial charge in [0.2, 0.25) is 17.7 Å². The highest BCUT2D eigenvalue weighted by Crippen LogP contribution is 2.26. The van der Waals surface area contributed by atoms with Crippen LogP contribution >= 0.6 is 0 Å². The number of pyridine rings is 1. The first-order valence-electron chi connectivity index (χ1n) is 11.5. The number of methoxy groups -OCH3 is 1. The van der Waals surface area contributed by atoms with Crippen molar-refractivity contribution in [2.24, 2.45) is 5.92 Å². The highest BCUT2D eigenvalue weighted by atomic mass is 19.1. The van der Waals surface area contributed by atoms with Crippen LogP contribution in [-0.2, 0) is 9.59 Å². The molecule has 35 heavy (non-hydrogen) atoms. The van der Waals surface area contributed by atoms with Crippen LogP contribution in [0.3, 0.4) is 0 Å². The Hall–Kier alpha value is -3.69. The number of carbonyl (C=O) groups is 3. The molecule has 9 nitrogen and oxygen atoms in total. The van der Waals surface area contributed by atoms with Gasteiger partial charge in [-0.1, -0.05) is 13.8 Å². The van der Waals surface area contributed by atoms with E-state index in [4.69, 9.17) is 4.74 Å². The third-order valence-corrected chi connectivity index (χ3v) is 5.94. The van der Waals surface area contributed by atoms with Crippen LogP contribution in [0.15, 0.2) is 36.5 Å². The molecule has 3 rings (SSSR count). The number of rotatable bonds is 7. The second kappa shape index (κ2) is 11.2. The van der Waals surface area contributed by atoms with Crippen LogP contribution in [0.25, 0.3) is 0 Å². The fourth-order valence-electron chi connectivity index (χ4n) is 4.12. The number of ether oxygens (including phenoxy) is 1. The quantitative estimate of drug-likeness (QED) is 0.648. The number of nitrogens with zero attached hydrogens (tertiary/aromatic N) is 4. The van der Waals surface area contributed by atoms with E-state index in [9.17, 15) is 18.8 Å². The zero-order chi connectivity index (χ0) is 25.7. The summed E-state index contributed by atoms with van der Waals surface area (Å²) in [5.41, 5.74) is 1.24. The third kappa shape index (κ3) is 6.26. The van der Waals surface area contributed by atoms with Crippen molar-refractivity contribution >= 4 is 29.1 Å². The van der Waals surface area contributed by atoms with Crippen molar-refractivity contribution in [3.8, 4) is 5.88 Å². The number of benzene rings is 1. The predicted octanol–water partition coefficient (Wildman–Crippen LogP) is 2.63. The molecule has 0 radical (unpaired) electrons. The summed E-state index contributed by atoms with van der Waals surface area (Å²) in [5, 5.41) is 2.76. The number of carbonyl (C=O) groups excluding carboxylic acids is 3. The van der Waals surface area contributed by atoms with Crippen LogP contribution in [0.5, 0.6) is 5.88 Å². The fourth-order valence-corrected chi connectivity index (χ4v) is 4.12. The number of hydrogen-bond acceptors (Lipinski definition) is 6. The molecule has 1 N–H and O–H groups in total. The molecule has 0 aliphatic carbocycles. The molecular weight excluding hydrogens is 453 g/mol. The molecule has 1 aromatic carbocycles. The minimum atomic E-state index is -0.522. The molecule has 1 aliphatic rings. The minimum absolute atomic E-state index is 0.0148. The summed E-state index contributed by atoms with van der Waals surface area (Å²) >= 11 is 0. The molecule has 10 heteroatoms. The number of hydrogen-bond donors (Lipinski definition) is 1. The van der Waals surface area contributed by atoms with Crippen molar-refractivity contribution in [2.45, 2.75) is 26.8 Å². The van der Waals surface area contributed by atoms with Crippen LogP contribution in [0.4, 0.5) is 15.8 Å². The number of piperazine rings is 1. The number of nitrogens with one attached hydrogen (secondary N) is 1. The van der Waals surface area contributed by atoms with E-state index in [-0.39, 0.29) is 35.9 Å². The Morgan fingerprint density at radius 3 is 2.63 bits per heavy atom. The van der Waals surface area contributed by atoms with Crippen molar-refractivity contribution in [2.75, 3.05) is 50.6 Å².